The molecule has 0 saturated carbocycles. The van der Waals surface area contributed by atoms with Crippen LogP contribution in [0.25, 0.3) is 0 Å². The summed E-state index contributed by atoms with van der Waals surface area (Å²) in [5.41, 5.74) is 0.232. The van der Waals surface area contributed by atoms with Crippen LogP contribution in [-0.4, -0.2) is 30.0 Å². The van der Waals surface area contributed by atoms with Gasteiger partial charge in [-0.1, -0.05) is 11.6 Å². The first-order valence-corrected chi connectivity index (χ1v) is 5.70. The number of aromatic amines is 1. The Bertz CT molecular complexity index is 401. The third-order valence-corrected chi connectivity index (χ3v) is 3.09. The van der Waals surface area contributed by atoms with Crippen molar-refractivity contribution in [1.82, 2.24) is 10.2 Å². The standard InChI is InChI=1S/C10H14ClN3O2/c11-9-8(6-13-14-10(9)15)12-5-7-1-3-16-4-2-7/h6-7H,1-5H2,(H2,12,14,15). The van der Waals surface area contributed by atoms with Crippen LogP contribution >= 0.6 is 11.6 Å². The van der Waals surface area contributed by atoms with Crippen molar-refractivity contribution in [2.45, 2.75) is 12.8 Å². The Labute approximate surface area is 98.2 Å². The maximum absolute atomic E-state index is 11.2. The average Bonchev–Trinajstić information content (AvgIpc) is 2.32. The Morgan fingerprint density at radius 3 is 3.06 bits per heavy atom. The molecule has 0 amide bonds. The lowest BCUT2D eigenvalue weighted by Gasteiger charge is -2.22. The molecule has 0 aliphatic carbocycles. The van der Waals surface area contributed by atoms with Crippen molar-refractivity contribution < 1.29 is 4.74 Å². The number of aromatic nitrogens is 2. The Balaban J connectivity index is 1.93. The van der Waals surface area contributed by atoms with Crippen LogP contribution in [0.2, 0.25) is 5.02 Å². The molecule has 0 bridgehead atoms. The van der Waals surface area contributed by atoms with Crippen LogP contribution in [0.4, 0.5) is 5.69 Å². The fraction of sp³-hybridized carbons (Fsp3) is 0.600. The van der Waals surface area contributed by atoms with Crippen LogP contribution in [0.1, 0.15) is 12.8 Å². The number of ether oxygens (including phenoxy) is 1. The molecular formula is C10H14ClN3O2. The van der Waals surface area contributed by atoms with Crippen molar-refractivity contribution in [2.75, 3.05) is 25.1 Å². The molecule has 5 nitrogen and oxygen atoms in total. The van der Waals surface area contributed by atoms with E-state index in [-0.39, 0.29) is 10.6 Å². The van der Waals surface area contributed by atoms with E-state index in [0.717, 1.165) is 32.6 Å². The number of nitrogens with one attached hydrogen (secondary N) is 2. The molecule has 2 heterocycles. The molecule has 0 radical (unpaired) electrons. The van der Waals surface area contributed by atoms with Crippen LogP contribution in [0, 0.1) is 5.92 Å². The van der Waals surface area contributed by atoms with E-state index >= 15 is 0 Å². The molecule has 1 aromatic heterocycles. The first-order chi connectivity index (χ1) is 7.77. The van der Waals surface area contributed by atoms with E-state index in [1.54, 1.807) is 0 Å². The van der Waals surface area contributed by atoms with Gasteiger partial charge in [0, 0.05) is 19.8 Å². The maximum atomic E-state index is 11.2. The number of hydrogen-bond donors (Lipinski definition) is 2. The fourth-order valence-corrected chi connectivity index (χ4v) is 1.87. The Morgan fingerprint density at radius 1 is 1.56 bits per heavy atom. The van der Waals surface area contributed by atoms with Gasteiger partial charge >= 0.3 is 0 Å². The van der Waals surface area contributed by atoms with Gasteiger partial charge in [0.1, 0.15) is 5.02 Å². The number of rotatable bonds is 3. The summed E-state index contributed by atoms with van der Waals surface area (Å²) >= 11 is 5.84. The Kier molecular flexibility index (Phi) is 3.79. The molecule has 1 saturated heterocycles. The van der Waals surface area contributed by atoms with Crippen molar-refractivity contribution in [2.24, 2.45) is 5.92 Å². The first kappa shape index (κ1) is 11.4. The second-order valence-corrected chi connectivity index (χ2v) is 4.24. The molecule has 1 aliphatic rings. The molecule has 0 atom stereocenters. The topological polar surface area (TPSA) is 67.0 Å². The van der Waals surface area contributed by atoms with E-state index in [2.05, 4.69) is 15.5 Å². The van der Waals surface area contributed by atoms with E-state index in [1.165, 1.54) is 6.20 Å². The highest BCUT2D eigenvalue weighted by atomic mass is 35.5. The minimum Gasteiger partial charge on any atom is -0.382 e. The summed E-state index contributed by atoms with van der Waals surface area (Å²) in [7, 11) is 0. The van der Waals surface area contributed by atoms with Crippen molar-refractivity contribution >= 4 is 17.3 Å². The van der Waals surface area contributed by atoms with Gasteiger partial charge in [0.25, 0.3) is 5.56 Å². The third kappa shape index (κ3) is 2.74. The van der Waals surface area contributed by atoms with Gasteiger partial charge < -0.3 is 10.1 Å². The van der Waals surface area contributed by atoms with E-state index in [1.807, 2.05) is 0 Å². The first-order valence-electron chi connectivity index (χ1n) is 5.32. The van der Waals surface area contributed by atoms with Crippen LogP contribution < -0.4 is 10.9 Å². The molecule has 0 spiro atoms. The molecule has 1 aromatic rings. The molecular weight excluding hydrogens is 230 g/mol. The number of hydrogen-bond acceptors (Lipinski definition) is 4. The van der Waals surface area contributed by atoms with Crippen LogP contribution in [0.15, 0.2) is 11.0 Å². The molecule has 88 valence electrons. The Morgan fingerprint density at radius 2 is 2.31 bits per heavy atom. The minimum atomic E-state index is -0.362. The molecule has 16 heavy (non-hydrogen) atoms. The molecule has 1 aliphatic heterocycles. The number of nitrogens with zero attached hydrogens (tertiary/aromatic N) is 1. The van der Waals surface area contributed by atoms with Crippen LogP contribution in [0.3, 0.4) is 0 Å². The van der Waals surface area contributed by atoms with Crippen LogP contribution in [-0.2, 0) is 4.74 Å². The molecule has 0 aromatic carbocycles. The highest BCUT2D eigenvalue weighted by Crippen LogP contribution is 2.18. The minimum absolute atomic E-state index is 0.169. The SMILES string of the molecule is O=c1[nH]ncc(NCC2CCOCC2)c1Cl. The van der Waals surface area contributed by atoms with Crippen molar-refractivity contribution in [1.29, 1.82) is 0 Å². The summed E-state index contributed by atoms with van der Waals surface area (Å²) in [5.74, 6) is 0.573. The van der Waals surface area contributed by atoms with Gasteiger partial charge in [-0.3, -0.25) is 4.79 Å². The predicted octanol–water partition coefficient (Wildman–Crippen LogP) is 1.26. The van der Waals surface area contributed by atoms with Crippen LogP contribution in [0.5, 0.6) is 0 Å². The van der Waals surface area contributed by atoms with Crippen molar-refractivity contribution in [3.05, 3.63) is 21.6 Å². The second-order valence-electron chi connectivity index (χ2n) is 3.86. The van der Waals surface area contributed by atoms with Gasteiger partial charge in [0.15, 0.2) is 0 Å². The zero-order chi connectivity index (χ0) is 11.4. The van der Waals surface area contributed by atoms with Crippen molar-refractivity contribution in [3.63, 3.8) is 0 Å². The highest BCUT2D eigenvalue weighted by Gasteiger charge is 2.14. The maximum Gasteiger partial charge on any atom is 0.285 e. The number of anilines is 1. The summed E-state index contributed by atoms with van der Waals surface area (Å²) in [6, 6.07) is 0. The molecule has 2 rings (SSSR count). The lowest BCUT2D eigenvalue weighted by Crippen LogP contribution is -2.23. The lowest BCUT2D eigenvalue weighted by molar-refractivity contribution is 0.0699. The summed E-state index contributed by atoms with van der Waals surface area (Å²) in [6.07, 6.45) is 3.62. The molecule has 6 heteroatoms. The lowest BCUT2D eigenvalue weighted by atomic mass is 10.0. The van der Waals surface area contributed by atoms with E-state index in [0.29, 0.717) is 11.6 Å². The largest absolute Gasteiger partial charge is 0.382 e. The van der Waals surface area contributed by atoms with Gasteiger partial charge in [-0.05, 0) is 18.8 Å². The zero-order valence-corrected chi connectivity index (χ0v) is 9.59. The second kappa shape index (κ2) is 5.32. The van der Waals surface area contributed by atoms with Gasteiger partial charge in [0.05, 0.1) is 11.9 Å². The summed E-state index contributed by atoms with van der Waals surface area (Å²) in [5, 5.41) is 9.30. The summed E-state index contributed by atoms with van der Waals surface area (Å²) < 4.78 is 5.27. The summed E-state index contributed by atoms with van der Waals surface area (Å²) in [6.45, 7) is 2.43. The smallest absolute Gasteiger partial charge is 0.285 e. The average molecular weight is 244 g/mol. The fourth-order valence-electron chi connectivity index (χ4n) is 1.71. The predicted molar refractivity (Wildman–Crippen MR) is 61.9 cm³/mol. The normalized spacial score (nSPS) is 17.3. The monoisotopic (exact) mass is 243 g/mol. The Hall–Kier alpha value is -1.07. The summed E-state index contributed by atoms with van der Waals surface area (Å²) in [4.78, 5) is 11.2. The third-order valence-electron chi connectivity index (χ3n) is 2.72. The van der Waals surface area contributed by atoms with Gasteiger partial charge in [-0.2, -0.15) is 5.10 Å². The number of H-pyrrole nitrogens is 1. The quantitative estimate of drug-likeness (QED) is 0.839. The van der Waals surface area contributed by atoms with E-state index in [4.69, 9.17) is 16.3 Å². The zero-order valence-electron chi connectivity index (χ0n) is 8.83. The van der Waals surface area contributed by atoms with Gasteiger partial charge in [-0.15, -0.1) is 0 Å². The van der Waals surface area contributed by atoms with E-state index < -0.39 is 0 Å². The number of halogens is 1. The molecule has 0 unspecified atom stereocenters. The van der Waals surface area contributed by atoms with Crippen molar-refractivity contribution in [3.8, 4) is 0 Å². The molecule has 2 N–H and O–H groups in total. The molecule has 1 fully saturated rings. The van der Waals surface area contributed by atoms with Gasteiger partial charge in [-0.25, -0.2) is 5.10 Å². The highest BCUT2D eigenvalue weighted by molar-refractivity contribution is 6.32. The van der Waals surface area contributed by atoms with E-state index in [9.17, 15) is 4.79 Å². The van der Waals surface area contributed by atoms with Gasteiger partial charge in [0.2, 0.25) is 0 Å².